The molecule has 0 bridgehead atoms. The van der Waals surface area contributed by atoms with Gasteiger partial charge in [-0.05, 0) is 37.0 Å². The first-order chi connectivity index (χ1) is 14.2. The van der Waals surface area contributed by atoms with E-state index in [1.54, 1.807) is 7.11 Å². The summed E-state index contributed by atoms with van der Waals surface area (Å²) in [6, 6.07) is 18.3. The van der Waals surface area contributed by atoms with Gasteiger partial charge in [-0.3, -0.25) is 9.89 Å². The molecule has 1 fully saturated rings. The molecule has 1 aliphatic rings. The molecule has 2 aromatic carbocycles. The van der Waals surface area contributed by atoms with Crippen LogP contribution in [0.25, 0.3) is 0 Å². The standard InChI is InChI=1S/C23H32N4O2.HI/c1-28-22-11-6-5-10-21(22)26-23(24)25-14-7-17-29-20-12-15-27(16-13-20)18-19-8-3-2-4-9-19;/h2-6,8-11,20H,7,12-18H2,1H3,(H3,24,25,26);1H. The zero-order valence-corrected chi connectivity index (χ0v) is 20.0. The van der Waals surface area contributed by atoms with Crippen molar-refractivity contribution in [2.45, 2.75) is 31.9 Å². The number of nitrogens with zero attached hydrogens (tertiary/aromatic N) is 2. The van der Waals surface area contributed by atoms with Crippen LogP contribution in [0.4, 0.5) is 5.69 Å². The Labute approximate surface area is 196 Å². The van der Waals surface area contributed by atoms with Gasteiger partial charge in [0.1, 0.15) is 5.75 Å². The topological polar surface area (TPSA) is 72.1 Å². The first kappa shape index (κ1) is 24.4. The molecule has 6 nitrogen and oxygen atoms in total. The van der Waals surface area contributed by atoms with Crippen LogP contribution in [0.1, 0.15) is 24.8 Å². The zero-order chi connectivity index (χ0) is 20.3. The lowest BCUT2D eigenvalue weighted by atomic mass is 10.1. The van der Waals surface area contributed by atoms with Gasteiger partial charge in [-0.1, -0.05) is 42.5 Å². The molecule has 3 N–H and O–H groups in total. The van der Waals surface area contributed by atoms with E-state index in [1.807, 2.05) is 24.3 Å². The van der Waals surface area contributed by atoms with Crippen molar-refractivity contribution in [1.82, 2.24) is 4.90 Å². The molecule has 0 aliphatic carbocycles. The molecule has 7 heteroatoms. The van der Waals surface area contributed by atoms with Crippen LogP contribution < -0.4 is 15.8 Å². The number of nitrogens with one attached hydrogen (secondary N) is 1. The van der Waals surface area contributed by atoms with Crippen LogP contribution in [0, 0.1) is 0 Å². The minimum absolute atomic E-state index is 0. The summed E-state index contributed by atoms with van der Waals surface area (Å²) in [6.45, 7) is 4.57. The number of benzene rings is 2. The number of aliphatic imine (C=N–C) groups is 1. The lowest BCUT2D eigenvalue weighted by Crippen LogP contribution is -2.36. The molecule has 0 aromatic heterocycles. The molecule has 1 aliphatic heterocycles. The van der Waals surface area contributed by atoms with E-state index >= 15 is 0 Å². The first-order valence-corrected chi connectivity index (χ1v) is 10.3. The van der Waals surface area contributed by atoms with Crippen molar-refractivity contribution in [3.8, 4) is 5.75 Å². The summed E-state index contributed by atoms with van der Waals surface area (Å²) in [5, 5.41) is 3.08. The van der Waals surface area contributed by atoms with E-state index in [9.17, 15) is 0 Å². The summed E-state index contributed by atoms with van der Waals surface area (Å²) in [5.41, 5.74) is 8.16. The fraction of sp³-hybridized carbons (Fsp3) is 0.435. The molecule has 0 unspecified atom stereocenters. The lowest BCUT2D eigenvalue weighted by molar-refractivity contribution is 0.00566. The van der Waals surface area contributed by atoms with Crippen molar-refractivity contribution in [1.29, 1.82) is 0 Å². The van der Waals surface area contributed by atoms with Crippen LogP contribution in [0.15, 0.2) is 59.6 Å². The van der Waals surface area contributed by atoms with Gasteiger partial charge in [-0.25, -0.2) is 0 Å². The van der Waals surface area contributed by atoms with Crippen LogP contribution >= 0.6 is 24.0 Å². The molecule has 30 heavy (non-hydrogen) atoms. The Morgan fingerprint density at radius 1 is 1.10 bits per heavy atom. The largest absolute Gasteiger partial charge is 0.495 e. The molecule has 164 valence electrons. The van der Waals surface area contributed by atoms with Crippen LogP contribution in [0.2, 0.25) is 0 Å². The molecule has 0 atom stereocenters. The number of ether oxygens (including phenoxy) is 2. The molecule has 3 rings (SSSR count). The number of nitrogens with two attached hydrogens (primary N) is 1. The van der Waals surface area contributed by atoms with Crippen LogP contribution in [-0.2, 0) is 11.3 Å². The normalized spacial score (nSPS) is 15.4. The molecule has 1 saturated heterocycles. The Morgan fingerprint density at radius 3 is 2.53 bits per heavy atom. The highest BCUT2D eigenvalue weighted by Gasteiger charge is 2.19. The van der Waals surface area contributed by atoms with E-state index in [0.29, 0.717) is 18.6 Å². The van der Waals surface area contributed by atoms with Crippen molar-refractivity contribution >= 4 is 35.6 Å². The zero-order valence-electron chi connectivity index (χ0n) is 17.6. The number of hydrogen-bond donors (Lipinski definition) is 2. The number of hydrogen-bond acceptors (Lipinski definition) is 4. The Bertz CT molecular complexity index is 765. The third-order valence-electron chi connectivity index (χ3n) is 5.09. The first-order valence-electron chi connectivity index (χ1n) is 10.3. The molecular weight excluding hydrogens is 491 g/mol. The summed E-state index contributed by atoms with van der Waals surface area (Å²) in [6.07, 6.45) is 3.40. The highest BCUT2D eigenvalue weighted by Crippen LogP contribution is 2.22. The number of guanidine groups is 1. The third-order valence-corrected chi connectivity index (χ3v) is 5.09. The third kappa shape index (κ3) is 8.12. The number of rotatable bonds is 9. The predicted molar refractivity (Wildman–Crippen MR) is 134 cm³/mol. The number of para-hydroxylation sites is 2. The van der Waals surface area contributed by atoms with Crippen LogP contribution in [-0.4, -0.2) is 50.3 Å². The van der Waals surface area contributed by atoms with Crippen molar-refractivity contribution < 1.29 is 9.47 Å². The molecule has 0 saturated carbocycles. The molecule has 2 aromatic rings. The van der Waals surface area contributed by atoms with Crippen molar-refractivity contribution in [2.75, 3.05) is 38.7 Å². The quantitative estimate of drug-likeness (QED) is 0.224. The van der Waals surface area contributed by atoms with Crippen LogP contribution in [0.5, 0.6) is 5.75 Å². The van der Waals surface area contributed by atoms with E-state index in [2.05, 4.69) is 45.5 Å². The van der Waals surface area contributed by atoms with E-state index in [0.717, 1.165) is 56.9 Å². The van der Waals surface area contributed by atoms with Crippen molar-refractivity contribution in [3.05, 3.63) is 60.2 Å². The van der Waals surface area contributed by atoms with Gasteiger partial charge in [0.05, 0.1) is 18.9 Å². The second-order valence-corrected chi connectivity index (χ2v) is 7.28. The van der Waals surface area contributed by atoms with Gasteiger partial charge >= 0.3 is 0 Å². The maximum atomic E-state index is 6.04. The number of anilines is 1. The Hall–Kier alpha value is -1.84. The summed E-state index contributed by atoms with van der Waals surface area (Å²) >= 11 is 0. The lowest BCUT2D eigenvalue weighted by Gasteiger charge is -2.31. The van der Waals surface area contributed by atoms with Gasteiger partial charge in [0.15, 0.2) is 5.96 Å². The number of piperidine rings is 1. The molecule has 0 amide bonds. The monoisotopic (exact) mass is 524 g/mol. The maximum absolute atomic E-state index is 6.04. The van der Waals surface area contributed by atoms with E-state index in [-0.39, 0.29) is 24.0 Å². The van der Waals surface area contributed by atoms with Crippen molar-refractivity contribution in [2.24, 2.45) is 10.7 Å². The molecule has 0 radical (unpaired) electrons. The van der Waals surface area contributed by atoms with E-state index < -0.39 is 0 Å². The maximum Gasteiger partial charge on any atom is 0.193 e. The van der Waals surface area contributed by atoms with Gasteiger partial charge in [0, 0.05) is 32.8 Å². The van der Waals surface area contributed by atoms with Gasteiger partial charge in [-0.15, -0.1) is 24.0 Å². The molecular formula is C23H33IN4O2. The SMILES string of the molecule is COc1ccccc1NC(N)=NCCCOC1CCN(Cc2ccccc2)CC1.I. The average molecular weight is 524 g/mol. The summed E-state index contributed by atoms with van der Waals surface area (Å²) < 4.78 is 11.3. The summed E-state index contributed by atoms with van der Waals surface area (Å²) in [5.74, 6) is 1.14. The fourth-order valence-corrected chi connectivity index (χ4v) is 3.52. The van der Waals surface area contributed by atoms with Gasteiger partial charge in [0.2, 0.25) is 0 Å². The minimum Gasteiger partial charge on any atom is -0.495 e. The Balaban J connectivity index is 0.00000320. The number of methoxy groups -OCH3 is 1. The highest BCUT2D eigenvalue weighted by molar-refractivity contribution is 14.0. The summed E-state index contributed by atoms with van der Waals surface area (Å²) in [7, 11) is 1.64. The van der Waals surface area contributed by atoms with Gasteiger partial charge in [0.25, 0.3) is 0 Å². The van der Waals surface area contributed by atoms with Crippen molar-refractivity contribution in [3.63, 3.8) is 0 Å². The minimum atomic E-state index is 0. The number of halogens is 1. The van der Waals surface area contributed by atoms with E-state index in [1.165, 1.54) is 5.56 Å². The summed E-state index contributed by atoms with van der Waals surface area (Å²) in [4.78, 5) is 6.88. The molecule has 0 spiro atoms. The highest BCUT2D eigenvalue weighted by atomic mass is 127. The van der Waals surface area contributed by atoms with Gasteiger partial charge < -0.3 is 20.5 Å². The van der Waals surface area contributed by atoms with Crippen LogP contribution in [0.3, 0.4) is 0 Å². The average Bonchev–Trinajstić information content (AvgIpc) is 2.76. The number of likely N-dealkylation sites (tertiary alicyclic amines) is 1. The predicted octanol–water partition coefficient (Wildman–Crippen LogP) is 4.11. The fourth-order valence-electron chi connectivity index (χ4n) is 3.52. The second kappa shape index (κ2) is 13.5. The molecule has 1 heterocycles. The Kier molecular flexibility index (Phi) is 11.0. The second-order valence-electron chi connectivity index (χ2n) is 7.28. The van der Waals surface area contributed by atoms with Gasteiger partial charge in [-0.2, -0.15) is 0 Å². The smallest absolute Gasteiger partial charge is 0.193 e. The Morgan fingerprint density at radius 2 is 1.80 bits per heavy atom. The van der Waals surface area contributed by atoms with E-state index in [4.69, 9.17) is 15.2 Å².